The number of hydrogen-bond donors (Lipinski definition) is 2. The lowest BCUT2D eigenvalue weighted by molar-refractivity contribution is 0.229. The fraction of sp³-hybridized carbons (Fsp3) is 0.923. The summed E-state index contributed by atoms with van der Waals surface area (Å²) in [6, 6.07) is 0.876. The molecule has 2 N–H and O–H groups in total. The molecule has 0 spiro atoms. The van der Waals surface area contributed by atoms with Crippen molar-refractivity contribution in [1.29, 1.82) is 0 Å². The van der Waals surface area contributed by atoms with Crippen LogP contribution in [-0.4, -0.2) is 29.6 Å². The summed E-state index contributed by atoms with van der Waals surface area (Å²) < 4.78 is 0. The van der Waals surface area contributed by atoms with Gasteiger partial charge in [0.15, 0.2) is 0 Å². The van der Waals surface area contributed by atoms with E-state index in [0.29, 0.717) is 12.1 Å². The van der Waals surface area contributed by atoms with Crippen LogP contribution in [0.5, 0.6) is 0 Å². The third-order valence-electron chi connectivity index (χ3n) is 3.99. The van der Waals surface area contributed by atoms with E-state index in [1.165, 1.54) is 25.7 Å². The summed E-state index contributed by atoms with van der Waals surface area (Å²) in [5.41, 5.74) is 0. The minimum Gasteiger partial charge on any atom is -0.335 e. The quantitative estimate of drug-likeness (QED) is 0.815. The SMILES string of the molecule is CSC1CCCC(NC(=O)NC2CCCC2)C1. The molecule has 0 aliphatic heterocycles. The van der Waals surface area contributed by atoms with Crippen LogP contribution in [0.1, 0.15) is 51.4 Å². The summed E-state index contributed by atoms with van der Waals surface area (Å²) >= 11 is 1.94. The van der Waals surface area contributed by atoms with Gasteiger partial charge in [-0.05, 0) is 38.4 Å². The number of nitrogens with one attached hydrogen (secondary N) is 2. The van der Waals surface area contributed by atoms with Gasteiger partial charge in [-0.2, -0.15) is 11.8 Å². The molecule has 2 amide bonds. The number of thioether (sulfide) groups is 1. The Morgan fingerprint density at radius 2 is 1.65 bits per heavy atom. The Labute approximate surface area is 108 Å². The molecule has 0 aromatic heterocycles. The molecule has 0 aromatic rings. The second kappa shape index (κ2) is 6.53. The zero-order chi connectivity index (χ0) is 12.1. The molecule has 2 fully saturated rings. The van der Waals surface area contributed by atoms with Gasteiger partial charge in [-0.25, -0.2) is 4.79 Å². The highest BCUT2D eigenvalue weighted by Gasteiger charge is 2.24. The van der Waals surface area contributed by atoms with Crippen molar-refractivity contribution in [3.63, 3.8) is 0 Å². The first-order chi connectivity index (χ1) is 8.28. The molecule has 2 aliphatic carbocycles. The molecule has 2 saturated carbocycles. The van der Waals surface area contributed by atoms with Crippen molar-refractivity contribution in [3.05, 3.63) is 0 Å². The molecule has 0 heterocycles. The average Bonchev–Trinajstić information content (AvgIpc) is 2.82. The van der Waals surface area contributed by atoms with Gasteiger partial charge in [-0.15, -0.1) is 0 Å². The topological polar surface area (TPSA) is 41.1 Å². The lowest BCUT2D eigenvalue weighted by Gasteiger charge is -2.29. The Balaban J connectivity index is 1.70. The van der Waals surface area contributed by atoms with Crippen molar-refractivity contribution < 1.29 is 4.79 Å². The molecule has 2 atom stereocenters. The van der Waals surface area contributed by atoms with Gasteiger partial charge in [0.05, 0.1) is 0 Å². The molecule has 98 valence electrons. The summed E-state index contributed by atoms with van der Waals surface area (Å²) in [6.45, 7) is 0. The first-order valence-electron chi connectivity index (χ1n) is 6.87. The zero-order valence-electron chi connectivity index (χ0n) is 10.7. The number of rotatable bonds is 3. The Morgan fingerprint density at radius 3 is 2.35 bits per heavy atom. The van der Waals surface area contributed by atoms with Gasteiger partial charge in [0.2, 0.25) is 0 Å². The van der Waals surface area contributed by atoms with Crippen LogP contribution < -0.4 is 10.6 Å². The summed E-state index contributed by atoms with van der Waals surface area (Å²) in [5, 5.41) is 6.99. The van der Waals surface area contributed by atoms with E-state index in [1.54, 1.807) is 0 Å². The van der Waals surface area contributed by atoms with E-state index in [2.05, 4.69) is 16.9 Å². The summed E-state index contributed by atoms with van der Waals surface area (Å²) in [7, 11) is 0. The number of carbonyl (C=O) groups excluding carboxylic acids is 1. The van der Waals surface area contributed by atoms with Crippen molar-refractivity contribution in [2.45, 2.75) is 68.7 Å². The van der Waals surface area contributed by atoms with Crippen molar-refractivity contribution in [3.8, 4) is 0 Å². The molecule has 4 heteroatoms. The highest BCUT2D eigenvalue weighted by Crippen LogP contribution is 2.26. The zero-order valence-corrected chi connectivity index (χ0v) is 11.5. The van der Waals surface area contributed by atoms with Crippen LogP contribution in [-0.2, 0) is 0 Å². The lowest BCUT2D eigenvalue weighted by atomic mass is 9.95. The number of hydrogen-bond acceptors (Lipinski definition) is 2. The molecule has 0 saturated heterocycles. The van der Waals surface area contributed by atoms with E-state index >= 15 is 0 Å². The Morgan fingerprint density at radius 1 is 1.00 bits per heavy atom. The van der Waals surface area contributed by atoms with Crippen molar-refractivity contribution in [2.24, 2.45) is 0 Å². The van der Waals surface area contributed by atoms with Crippen LogP contribution in [0.25, 0.3) is 0 Å². The Kier molecular flexibility index (Phi) is 5.01. The molecule has 0 radical (unpaired) electrons. The molecule has 2 unspecified atom stereocenters. The summed E-state index contributed by atoms with van der Waals surface area (Å²) in [5.74, 6) is 0. The standard InChI is InChI=1S/C13H24N2OS/c1-17-12-8-4-7-11(9-12)15-13(16)14-10-5-2-3-6-10/h10-12H,2-9H2,1H3,(H2,14,15,16). The van der Waals surface area contributed by atoms with Crippen LogP contribution in [0.4, 0.5) is 4.79 Å². The molecule has 3 nitrogen and oxygen atoms in total. The van der Waals surface area contributed by atoms with E-state index in [0.717, 1.165) is 30.9 Å². The van der Waals surface area contributed by atoms with Gasteiger partial charge < -0.3 is 10.6 Å². The van der Waals surface area contributed by atoms with Gasteiger partial charge in [0, 0.05) is 17.3 Å². The van der Waals surface area contributed by atoms with Crippen molar-refractivity contribution in [1.82, 2.24) is 10.6 Å². The highest BCUT2D eigenvalue weighted by atomic mass is 32.2. The maximum absolute atomic E-state index is 11.8. The normalized spacial score (nSPS) is 30.2. The molecular formula is C13H24N2OS. The molecule has 17 heavy (non-hydrogen) atoms. The summed E-state index contributed by atoms with van der Waals surface area (Å²) in [4.78, 5) is 11.8. The molecule has 2 rings (SSSR count). The van der Waals surface area contributed by atoms with Gasteiger partial charge in [0.1, 0.15) is 0 Å². The van der Waals surface area contributed by atoms with E-state index in [9.17, 15) is 4.79 Å². The first kappa shape index (κ1) is 13.1. The Hall–Kier alpha value is -0.380. The maximum atomic E-state index is 11.8. The number of urea groups is 1. The van der Waals surface area contributed by atoms with Crippen LogP contribution in [0.15, 0.2) is 0 Å². The highest BCUT2D eigenvalue weighted by molar-refractivity contribution is 7.99. The second-order valence-electron chi connectivity index (χ2n) is 5.32. The van der Waals surface area contributed by atoms with Crippen molar-refractivity contribution in [2.75, 3.05) is 6.26 Å². The first-order valence-corrected chi connectivity index (χ1v) is 8.16. The minimum absolute atomic E-state index is 0.0589. The molecule has 2 aliphatic rings. The van der Waals surface area contributed by atoms with Crippen LogP contribution in [0, 0.1) is 0 Å². The summed E-state index contributed by atoms with van der Waals surface area (Å²) in [6.07, 6.45) is 11.9. The third kappa shape index (κ3) is 4.09. The van der Waals surface area contributed by atoms with Crippen LogP contribution in [0.3, 0.4) is 0 Å². The number of carbonyl (C=O) groups is 1. The maximum Gasteiger partial charge on any atom is 0.315 e. The third-order valence-corrected chi connectivity index (χ3v) is 5.08. The largest absolute Gasteiger partial charge is 0.335 e. The predicted octanol–water partition coefficient (Wildman–Crippen LogP) is 2.90. The average molecular weight is 256 g/mol. The molecular weight excluding hydrogens is 232 g/mol. The van der Waals surface area contributed by atoms with E-state index in [4.69, 9.17) is 0 Å². The lowest BCUT2D eigenvalue weighted by Crippen LogP contribution is -2.47. The van der Waals surface area contributed by atoms with E-state index in [1.807, 2.05) is 11.8 Å². The molecule has 0 bridgehead atoms. The Bertz CT molecular complexity index is 254. The van der Waals surface area contributed by atoms with E-state index in [-0.39, 0.29) is 6.03 Å². The number of amides is 2. The van der Waals surface area contributed by atoms with Crippen LogP contribution in [0.2, 0.25) is 0 Å². The monoisotopic (exact) mass is 256 g/mol. The predicted molar refractivity (Wildman–Crippen MR) is 73.5 cm³/mol. The fourth-order valence-electron chi connectivity index (χ4n) is 2.97. The van der Waals surface area contributed by atoms with Crippen LogP contribution >= 0.6 is 11.8 Å². The van der Waals surface area contributed by atoms with Gasteiger partial charge in [0.25, 0.3) is 0 Å². The molecule has 0 aromatic carbocycles. The fourth-order valence-corrected chi connectivity index (χ4v) is 3.80. The van der Waals surface area contributed by atoms with Gasteiger partial charge in [-0.3, -0.25) is 0 Å². The minimum atomic E-state index is 0.0589. The van der Waals surface area contributed by atoms with Gasteiger partial charge in [-0.1, -0.05) is 19.3 Å². The van der Waals surface area contributed by atoms with Crippen molar-refractivity contribution >= 4 is 17.8 Å². The smallest absolute Gasteiger partial charge is 0.315 e. The van der Waals surface area contributed by atoms with Gasteiger partial charge >= 0.3 is 6.03 Å². The second-order valence-corrected chi connectivity index (χ2v) is 6.46. The van der Waals surface area contributed by atoms with E-state index < -0.39 is 0 Å².